The number of phenols is 1. The van der Waals surface area contributed by atoms with Crippen LogP contribution in [0.5, 0.6) is 5.75 Å². The predicted molar refractivity (Wildman–Crippen MR) is 103 cm³/mol. The molecule has 2 aromatic rings. The first-order chi connectivity index (χ1) is 13.1. The van der Waals surface area contributed by atoms with Gasteiger partial charge in [0.1, 0.15) is 5.75 Å². The van der Waals surface area contributed by atoms with E-state index in [1.807, 2.05) is 29.2 Å². The van der Waals surface area contributed by atoms with Gasteiger partial charge in [0.05, 0.1) is 5.56 Å². The van der Waals surface area contributed by atoms with Crippen LogP contribution in [-0.2, 0) is 9.53 Å². The molecular formula is C22H25NO4. The van der Waals surface area contributed by atoms with Crippen molar-refractivity contribution in [3.05, 3.63) is 54.1 Å². The zero-order valence-corrected chi connectivity index (χ0v) is 15.6. The average molecular weight is 367 g/mol. The van der Waals surface area contributed by atoms with Gasteiger partial charge in [0.15, 0.2) is 6.61 Å². The molecule has 1 N–H and O–H groups in total. The number of phenolic OH excluding ortho intramolecular Hbond substituents is 1. The fraction of sp³-hybridized carbons (Fsp3) is 0.364. The summed E-state index contributed by atoms with van der Waals surface area (Å²) < 4.78 is 5.23. The van der Waals surface area contributed by atoms with Gasteiger partial charge in [-0.15, -0.1) is 0 Å². The molecule has 0 radical (unpaired) electrons. The third kappa shape index (κ3) is 4.67. The molecule has 0 saturated carbocycles. The van der Waals surface area contributed by atoms with Crippen molar-refractivity contribution in [1.29, 1.82) is 0 Å². The van der Waals surface area contributed by atoms with Crippen molar-refractivity contribution >= 4 is 11.9 Å². The molecule has 1 aliphatic rings. The number of nitrogens with zero attached hydrogens (tertiary/aromatic N) is 1. The summed E-state index contributed by atoms with van der Waals surface area (Å²) >= 11 is 0. The third-order valence-corrected chi connectivity index (χ3v) is 5.07. The first kappa shape index (κ1) is 19.0. The number of rotatable bonds is 5. The summed E-state index contributed by atoms with van der Waals surface area (Å²) in [4.78, 5) is 26.5. The number of ether oxygens (including phenoxy) is 1. The molecule has 1 fully saturated rings. The number of hydrogen-bond donors (Lipinski definition) is 1. The van der Waals surface area contributed by atoms with Crippen molar-refractivity contribution < 1.29 is 19.4 Å². The standard InChI is InChI=1S/C22H25NO4/c1-2-19-5-3-4-14-23(19)21(25)15-27-22(26)18-8-6-16(7-9-18)17-10-12-20(24)13-11-17/h6-13,19,24H,2-5,14-15H2,1H3/t19-/m1/s1. The normalized spacial score (nSPS) is 16.8. The molecule has 0 spiro atoms. The Hall–Kier alpha value is -2.82. The Kier molecular flexibility index (Phi) is 6.12. The Labute approximate surface area is 159 Å². The van der Waals surface area contributed by atoms with Crippen LogP contribution in [0, 0.1) is 0 Å². The number of benzene rings is 2. The number of carbonyl (C=O) groups is 2. The first-order valence-corrected chi connectivity index (χ1v) is 9.44. The summed E-state index contributed by atoms with van der Waals surface area (Å²) in [6, 6.07) is 14.1. The number of piperidine rings is 1. The van der Waals surface area contributed by atoms with E-state index >= 15 is 0 Å². The van der Waals surface area contributed by atoms with Crippen molar-refractivity contribution in [1.82, 2.24) is 4.90 Å². The van der Waals surface area contributed by atoms with Crippen LogP contribution in [0.1, 0.15) is 43.0 Å². The van der Waals surface area contributed by atoms with Crippen LogP contribution in [-0.4, -0.2) is 41.1 Å². The highest BCUT2D eigenvalue weighted by atomic mass is 16.5. The van der Waals surface area contributed by atoms with Gasteiger partial charge in [-0.05, 0) is 61.1 Å². The summed E-state index contributed by atoms with van der Waals surface area (Å²) in [7, 11) is 0. The molecule has 0 aliphatic carbocycles. The molecule has 0 unspecified atom stereocenters. The summed E-state index contributed by atoms with van der Waals surface area (Å²) in [5.41, 5.74) is 2.29. The van der Waals surface area contributed by atoms with Gasteiger partial charge < -0.3 is 14.7 Å². The molecule has 142 valence electrons. The Morgan fingerprint density at radius 3 is 2.30 bits per heavy atom. The van der Waals surface area contributed by atoms with E-state index in [9.17, 15) is 14.7 Å². The van der Waals surface area contributed by atoms with Crippen molar-refractivity contribution in [3.8, 4) is 16.9 Å². The summed E-state index contributed by atoms with van der Waals surface area (Å²) in [6.45, 7) is 2.61. The van der Waals surface area contributed by atoms with E-state index in [0.29, 0.717) is 5.56 Å². The zero-order valence-electron chi connectivity index (χ0n) is 15.6. The Morgan fingerprint density at radius 2 is 1.67 bits per heavy atom. The van der Waals surface area contributed by atoms with E-state index in [1.165, 1.54) is 0 Å². The monoisotopic (exact) mass is 367 g/mol. The molecule has 3 rings (SSSR count). The minimum atomic E-state index is -0.495. The molecular weight excluding hydrogens is 342 g/mol. The molecule has 2 aromatic carbocycles. The second kappa shape index (κ2) is 8.71. The van der Waals surface area contributed by atoms with Crippen molar-refractivity contribution in [2.45, 2.75) is 38.6 Å². The maximum atomic E-state index is 12.4. The topological polar surface area (TPSA) is 66.8 Å². The molecule has 5 heteroatoms. The van der Waals surface area contributed by atoms with Gasteiger partial charge in [0, 0.05) is 12.6 Å². The van der Waals surface area contributed by atoms with E-state index in [4.69, 9.17) is 4.74 Å². The van der Waals surface area contributed by atoms with Crippen molar-refractivity contribution in [3.63, 3.8) is 0 Å². The van der Waals surface area contributed by atoms with Crippen LogP contribution in [0.3, 0.4) is 0 Å². The number of likely N-dealkylation sites (tertiary alicyclic amines) is 1. The van der Waals surface area contributed by atoms with Crippen LogP contribution < -0.4 is 0 Å². The molecule has 1 saturated heterocycles. The highest BCUT2D eigenvalue weighted by molar-refractivity contribution is 5.92. The number of esters is 1. The Balaban J connectivity index is 1.58. The smallest absolute Gasteiger partial charge is 0.338 e. The predicted octanol–water partition coefficient (Wildman–Crippen LogP) is 4.01. The van der Waals surface area contributed by atoms with Gasteiger partial charge in [-0.2, -0.15) is 0 Å². The summed E-state index contributed by atoms with van der Waals surface area (Å²) in [6.07, 6.45) is 4.11. The number of aromatic hydroxyl groups is 1. The fourth-order valence-corrected chi connectivity index (χ4v) is 3.50. The molecule has 1 heterocycles. The lowest BCUT2D eigenvalue weighted by atomic mass is 10.00. The maximum Gasteiger partial charge on any atom is 0.338 e. The van der Waals surface area contributed by atoms with Gasteiger partial charge in [-0.25, -0.2) is 4.79 Å². The number of carbonyl (C=O) groups excluding carboxylic acids is 2. The average Bonchev–Trinajstić information content (AvgIpc) is 2.72. The highest BCUT2D eigenvalue weighted by Crippen LogP contribution is 2.23. The van der Waals surface area contributed by atoms with Crippen LogP contribution in [0.4, 0.5) is 0 Å². The van der Waals surface area contributed by atoms with E-state index < -0.39 is 5.97 Å². The second-order valence-corrected chi connectivity index (χ2v) is 6.85. The van der Waals surface area contributed by atoms with Crippen molar-refractivity contribution in [2.75, 3.05) is 13.2 Å². The molecule has 27 heavy (non-hydrogen) atoms. The number of amides is 1. The maximum absolute atomic E-state index is 12.4. The number of hydrogen-bond acceptors (Lipinski definition) is 4. The lowest BCUT2D eigenvalue weighted by Gasteiger charge is -2.35. The van der Waals surface area contributed by atoms with Crippen molar-refractivity contribution in [2.24, 2.45) is 0 Å². The van der Waals surface area contributed by atoms with Gasteiger partial charge >= 0.3 is 5.97 Å². The lowest BCUT2D eigenvalue weighted by Crippen LogP contribution is -2.45. The molecule has 5 nitrogen and oxygen atoms in total. The van der Waals surface area contributed by atoms with E-state index in [2.05, 4.69) is 6.92 Å². The fourth-order valence-electron chi connectivity index (χ4n) is 3.50. The van der Waals surface area contributed by atoms with Crippen LogP contribution in [0.2, 0.25) is 0 Å². The minimum absolute atomic E-state index is 0.115. The highest BCUT2D eigenvalue weighted by Gasteiger charge is 2.26. The van der Waals surface area contributed by atoms with Gasteiger partial charge in [0.25, 0.3) is 5.91 Å². The molecule has 1 aliphatic heterocycles. The van der Waals surface area contributed by atoms with Gasteiger partial charge in [-0.1, -0.05) is 31.2 Å². The summed E-state index contributed by atoms with van der Waals surface area (Å²) in [5.74, 6) is -0.399. The van der Waals surface area contributed by atoms with Crippen LogP contribution in [0.15, 0.2) is 48.5 Å². The SMILES string of the molecule is CC[C@@H]1CCCCN1C(=O)COC(=O)c1ccc(-c2ccc(O)cc2)cc1. The molecule has 1 atom stereocenters. The van der Waals surface area contributed by atoms with Crippen LogP contribution >= 0.6 is 0 Å². The van der Waals surface area contributed by atoms with Gasteiger partial charge in [-0.3, -0.25) is 4.79 Å². The minimum Gasteiger partial charge on any atom is -0.508 e. The van der Waals surface area contributed by atoms with E-state index in [0.717, 1.165) is 43.4 Å². The summed E-state index contributed by atoms with van der Waals surface area (Å²) in [5, 5.41) is 9.36. The quantitative estimate of drug-likeness (QED) is 0.811. The second-order valence-electron chi connectivity index (χ2n) is 6.85. The molecule has 0 bridgehead atoms. The van der Waals surface area contributed by atoms with Crippen LogP contribution in [0.25, 0.3) is 11.1 Å². The lowest BCUT2D eigenvalue weighted by molar-refractivity contribution is -0.138. The Morgan fingerprint density at radius 1 is 1.04 bits per heavy atom. The zero-order chi connectivity index (χ0) is 19.2. The van der Waals surface area contributed by atoms with Gasteiger partial charge in [0.2, 0.25) is 0 Å². The third-order valence-electron chi connectivity index (χ3n) is 5.07. The molecule has 1 amide bonds. The Bertz CT molecular complexity index is 783. The van der Waals surface area contributed by atoms with E-state index in [1.54, 1.807) is 24.3 Å². The first-order valence-electron chi connectivity index (χ1n) is 9.44. The molecule has 0 aromatic heterocycles. The largest absolute Gasteiger partial charge is 0.508 e. The van der Waals surface area contributed by atoms with E-state index in [-0.39, 0.29) is 24.3 Å².